The Bertz CT molecular complexity index is 694. The second-order valence-corrected chi connectivity index (χ2v) is 5.75. The Hall–Kier alpha value is -2.13. The van der Waals surface area contributed by atoms with Crippen LogP contribution in [0, 0.1) is 0 Å². The molecule has 3 nitrogen and oxygen atoms in total. The van der Waals surface area contributed by atoms with Crippen LogP contribution >= 0.6 is 0 Å². The molecule has 2 aliphatic rings. The minimum Gasteiger partial charge on any atom is -0.457 e. The summed E-state index contributed by atoms with van der Waals surface area (Å²) in [7, 11) is 0. The maximum Gasteiger partial charge on any atom is 0.338 e. The number of carbonyl (C=O) groups is 1. The molecule has 2 aromatic carbocycles. The molecule has 106 valence electrons. The van der Waals surface area contributed by atoms with Crippen LogP contribution in [0.15, 0.2) is 42.5 Å². The van der Waals surface area contributed by atoms with Crippen molar-refractivity contribution in [2.45, 2.75) is 26.1 Å². The molecule has 0 aromatic heterocycles. The highest BCUT2D eigenvalue weighted by molar-refractivity contribution is 5.94. The van der Waals surface area contributed by atoms with Gasteiger partial charge in [0.25, 0.3) is 0 Å². The van der Waals surface area contributed by atoms with Gasteiger partial charge in [-0.1, -0.05) is 36.4 Å². The van der Waals surface area contributed by atoms with Gasteiger partial charge in [-0.05, 0) is 29.2 Å². The lowest BCUT2D eigenvalue weighted by atomic mass is 9.92. The first-order valence-corrected chi connectivity index (χ1v) is 7.38. The highest BCUT2D eigenvalue weighted by Crippen LogP contribution is 2.30. The van der Waals surface area contributed by atoms with Gasteiger partial charge in [0.2, 0.25) is 0 Å². The minimum absolute atomic E-state index is 0.173. The molecule has 3 heteroatoms. The summed E-state index contributed by atoms with van der Waals surface area (Å²) in [6.45, 7) is 3.37. The molecule has 2 heterocycles. The Morgan fingerprint density at radius 2 is 1.90 bits per heavy atom. The molecule has 0 spiro atoms. The third-order valence-corrected chi connectivity index (χ3v) is 4.42. The van der Waals surface area contributed by atoms with Crippen LogP contribution in [0.5, 0.6) is 0 Å². The third kappa shape index (κ3) is 2.24. The second kappa shape index (κ2) is 5.01. The van der Waals surface area contributed by atoms with Crippen molar-refractivity contribution in [3.8, 4) is 0 Å². The van der Waals surface area contributed by atoms with Crippen LogP contribution in [-0.2, 0) is 30.9 Å². The lowest BCUT2D eigenvalue weighted by Gasteiger charge is -2.30. The lowest BCUT2D eigenvalue weighted by molar-refractivity contribution is 0.0534. The molecular weight excluding hydrogens is 262 g/mol. The Morgan fingerprint density at radius 3 is 2.76 bits per heavy atom. The molecule has 0 amide bonds. The van der Waals surface area contributed by atoms with Crippen molar-refractivity contribution in [1.82, 2.24) is 4.90 Å². The highest BCUT2D eigenvalue weighted by Gasteiger charge is 2.28. The molecule has 4 rings (SSSR count). The Kier molecular flexibility index (Phi) is 3.00. The monoisotopic (exact) mass is 279 g/mol. The predicted octanol–water partition coefficient (Wildman–Crippen LogP) is 2.92. The average Bonchev–Trinajstić information content (AvgIpc) is 2.90. The van der Waals surface area contributed by atoms with E-state index in [0.29, 0.717) is 6.61 Å². The SMILES string of the molecule is O=C1OCc2c1ccc1c2CN(Cc2ccccc2)CC1. The van der Waals surface area contributed by atoms with Crippen LogP contribution in [0.3, 0.4) is 0 Å². The number of esters is 1. The van der Waals surface area contributed by atoms with Gasteiger partial charge in [-0.15, -0.1) is 0 Å². The van der Waals surface area contributed by atoms with Gasteiger partial charge in [0.15, 0.2) is 0 Å². The van der Waals surface area contributed by atoms with Crippen LogP contribution < -0.4 is 0 Å². The number of carbonyl (C=O) groups excluding carboxylic acids is 1. The fourth-order valence-electron chi connectivity index (χ4n) is 3.30. The molecule has 0 atom stereocenters. The number of nitrogens with zero attached hydrogens (tertiary/aromatic N) is 1. The number of cyclic esters (lactones) is 1. The molecule has 0 aliphatic carbocycles. The van der Waals surface area contributed by atoms with Crippen LogP contribution in [0.25, 0.3) is 0 Å². The number of hydrogen-bond donors (Lipinski definition) is 0. The molecule has 0 N–H and O–H groups in total. The molecule has 0 saturated heterocycles. The summed E-state index contributed by atoms with van der Waals surface area (Å²) in [5.74, 6) is -0.173. The van der Waals surface area contributed by atoms with Gasteiger partial charge < -0.3 is 4.74 Å². The average molecular weight is 279 g/mol. The first-order valence-electron chi connectivity index (χ1n) is 7.38. The third-order valence-electron chi connectivity index (χ3n) is 4.42. The fraction of sp³-hybridized carbons (Fsp3) is 0.278. The number of rotatable bonds is 2. The molecule has 0 bridgehead atoms. The van der Waals surface area contributed by atoms with Gasteiger partial charge in [-0.3, -0.25) is 4.90 Å². The van der Waals surface area contributed by atoms with Crippen molar-refractivity contribution in [1.29, 1.82) is 0 Å². The van der Waals surface area contributed by atoms with Gasteiger partial charge in [0, 0.05) is 25.2 Å². The molecule has 0 saturated carbocycles. The smallest absolute Gasteiger partial charge is 0.338 e. The van der Waals surface area contributed by atoms with Gasteiger partial charge in [0.1, 0.15) is 6.61 Å². The van der Waals surface area contributed by atoms with Crippen molar-refractivity contribution >= 4 is 5.97 Å². The van der Waals surface area contributed by atoms with E-state index in [1.807, 2.05) is 12.1 Å². The van der Waals surface area contributed by atoms with Crippen LogP contribution in [0.2, 0.25) is 0 Å². The maximum atomic E-state index is 11.7. The molecule has 0 radical (unpaired) electrons. The molecule has 2 aromatic rings. The van der Waals surface area contributed by atoms with Crippen LogP contribution in [0.1, 0.15) is 32.6 Å². The van der Waals surface area contributed by atoms with Crippen molar-refractivity contribution in [3.05, 3.63) is 70.3 Å². The molecular formula is C18H17NO2. The topological polar surface area (TPSA) is 29.5 Å². The molecule has 21 heavy (non-hydrogen) atoms. The first kappa shape index (κ1) is 12.6. The largest absolute Gasteiger partial charge is 0.457 e. The summed E-state index contributed by atoms with van der Waals surface area (Å²) in [6.07, 6.45) is 1.05. The van der Waals surface area contributed by atoms with Crippen LogP contribution in [-0.4, -0.2) is 17.4 Å². The van der Waals surface area contributed by atoms with Crippen molar-refractivity contribution in [2.24, 2.45) is 0 Å². The number of benzene rings is 2. The number of ether oxygens (including phenoxy) is 1. The lowest BCUT2D eigenvalue weighted by Crippen LogP contribution is -2.30. The first-order chi connectivity index (χ1) is 10.3. The highest BCUT2D eigenvalue weighted by atomic mass is 16.5. The maximum absolute atomic E-state index is 11.7. The van der Waals surface area contributed by atoms with E-state index in [-0.39, 0.29) is 5.97 Å². The summed E-state index contributed by atoms with van der Waals surface area (Å²) in [4.78, 5) is 14.1. The zero-order valence-electron chi connectivity index (χ0n) is 11.8. The normalized spacial score (nSPS) is 17.2. The predicted molar refractivity (Wildman–Crippen MR) is 79.8 cm³/mol. The summed E-state index contributed by atoms with van der Waals surface area (Å²) < 4.78 is 5.19. The Balaban J connectivity index is 1.61. The Morgan fingerprint density at radius 1 is 1.05 bits per heavy atom. The van der Waals surface area contributed by atoms with Crippen molar-refractivity contribution in [2.75, 3.05) is 6.54 Å². The molecule has 0 fully saturated rings. The van der Waals surface area contributed by atoms with E-state index in [1.54, 1.807) is 0 Å². The molecule has 2 aliphatic heterocycles. The van der Waals surface area contributed by atoms with Gasteiger partial charge in [-0.25, -0.2) is 4.79 Å². The summed E-state index contributed by atoms with van der Waals surface area (Å²) >= 11 is 0. The fourth-order valence-corrected chi connectivity index (χ4v) is 3.30. The van der Waals surface area contributed by atoms with E-state index in [1.165, 1.54) is 16.7 Å². The van der Waals surface area contributed by atoms with Gasteiger partial charge in [-0.2, -0.15) is 0 Å². The van der Waals surface area contributed by atoms with E-state index in [9.17, 15) is 4.79 Å². The van der Waals surface area contributed by atoms with E-state index in [4.69, 9.17) is 4.74 Å². The summed E-state index contributed by atoms with van der Waals surface area (Å²) in [5, 5.41) is 0. The van der Waals surface area contributed by atoms with E-state index in [2.05, 4.69) is 35.2 Å². The number of hydrogen-bond acceptors (Lipinski definition) is 3. The Labute approximate surface area is 124 Å². The van der Waals surface area contributed by atoms with E-state index >= 15 is 0 Å². The quantitative estimate of drug-likeness (QED) is 0.792. The standard InChI is InChI=1S/C18H17NO2/c20-18-15-7-6-14-8-9-19(10-13-4-2-1-3-5-13)11-16(14)17(15)12-21-18/h1-7H,8-12H2. The molecule has 0 unspecified atom stereocenters. The minimum atomic E-state index is -0.173. The van der Waals surface area contributed by atoms with Gasteiger partial charge in [0.05, 0.1) is 5.56 Å². The zero-order valence-corrected chi connectivity index (χ0v) is 11.8. The number of fused-ring (bicyclic) bond motifs is 3. The van der Waals surface area contributed by atoms with Crippen molar-refractivity contribution < 1.29 is 9.53 Å². The second-order valence-electron chi connectivity index (χ2n) is 5.75. The van der Waals surface area contributed by atoms with Crippen molar-refractivity contribution in [3.63, 3.8) is 0 Å². The van der Waals surface area contributed by atoms with E-state index < -0.39 is 0 Å². The van der Waals surface area contributed by atoms with Crippen LogP contribution in [0.4, 0.5) is 0 Å². The summed E-state index contributed by atoms with van der Waals surface area (Å²) in [5.41, 5.74) is 5.88. The zero-order chi connectivity index (χ0) is 14.2. The summed E-state index contributed by atoms with van der Waals surface area (Å²) in [6, 6.07) is 14.6. The van der Waals surface area contributed by atoms with E-state index in [0.717, 1.165) is 37.2 Å². The van der Waals surface area contributed by atoms with Gasteiger partial charge >= 0.3 is 5.97 Å².